The van der Waals surface area contributed by atoms with Crippen LogP contribution in [0.2, 0.25) is 0 Å². The zero-order chi connectivity index (χ0) is 11.7. The number of rotatable bonds is 2. The molecule has 0 amide bonds. The third kappa shape index (κ3) is 1.69. The van der Waals surface area contributed by atoms with Crippen LogP contribution >= 0.6 is 0 Å². The molecule has 0 saturated heterocycles. The van der Waals surface area contributed by atoms with Crippen molar-refractivity contribution < 1.29 is 9.90 Å². The Balaban J connectivity index is 2.78. The van der Waals surface area contributed by atoms with Crippen molar-refractivity contribution in [1.82, 2.24) is 4.98 Å². The Morgan fingerprint density at radius 3 is 2.75 bits per heavy atom. The number of carboxylic acid groups (broad SMARTS) is 1. The van der Waals surface area contributed by atoms with Crippen LogP contribution in [0.5, 0.6) is 0 Å². The lowest BCUT2D eigenvalue weighted by atomic mass is 10.1. The molecule has 4 heteroatoms. The summed E-state index contributed by atoms with van der Waals surface area (Å²) in [5.74, 6) is -1.01. The molecule has 1 heterocycles. The van der Waals surface area contributed by atoms with Gasteiger partial charge in [0.05, 0.1) is 5.52 Å². The molecule has 0 aliphatic rings. The van der Waals surface area contributed by atoms with E-state index in [1.54, 1.807) is 13.1 Å². The molecule has 1 aromatic carbocycles. The molecule has 2 N–H and O–H groups in total. The van der Waals surface area contributed by atoms with Gasteiger partial charge < -0.3 is 10.4 Å². The molecule has 4 nitrogen and oxygen atoms in total. The van der Waals surface area contributed by atoms with E-state index in [9.17, 15) is 4.79 Å². The van der Waals surface area contributed by atoms with Gasteiger partial charge in [-0.2, -0.15) is 0 Å². The SMILES string of the molecule is CNc1cc(C(=O)O)nc2cc(C)ccc12. The number of carbonyl (C=O) groups is 1. The fourth-order valence-electron chi connectivity index (χ4n) is 1.65. The fraction of sp³-hybridized carbons (Fsp3) is 0.167. The summed E-state index contributed by atoms with van der Waals surface area (Å²) >= 11 is 0. The first-order chi connectivity index (χ1) is 7.61. The summed E-state index contributed by atoms with van der Waals surface area (Å²) in [6, 6.07) is 7.34. The minimum Gasteiger partial charge on any atom is -0.477 e. The van der Waals surface area contributed by atoms with Crippen LogP contribution in [0.1, 0.15) is 16.1 Å². The van der Waals surface area contributed by atoms with Gasteiger partial charge in [-0.1, -0.05) is 12.1 Å². The molecule has 0 radical (unpaired) electrons. The standard InChI is InChI=1S/C12H12N2O2/c1-7-3-4-8-9(13-2)6-11(12(15)16)14-10(8)5-7/h3-6H,1-2H3,(H,13,14)(H,15,16). The van der Waals surface area contributed by atoms with Crippen LogP contribution in [0.25, 0.3) is 10.9 Å². The second-order valence-corrected chi connectivity index (χ2v) is 3.63. The highest BCUT2D eigenvalue weighted by Crippen LogP contribution is 2.23. The van der Waals surface area contributed by atoms with Gasteiger partial charge >= 0.3 is 5.97 Å². The maximum atomic E-state index is 10.9. The molecular formula is C12H12N2O2. The predicted octanol–water partition coefficient (Wildman–Crippen LogP) is 2.28. The molecule has 0 aliphatic carbocycles. The summed E-state index contributed by atoms with van der Waals surface area (Å²) in [5, 5.41) is 12.9. The van der Waals surface area contributed by atoms with Crippen molar-refractivity contribution in [2.45, 2.75) is 6.92 Å². The van der Waals surface area contributed by atoms with Gasteiger partial charge in [-0.05, 0) is 24.6 Å². The number of aromatic nitrogens is 1. The number of nitrogens with zero attached hydrogens (tertiary/aromatic N) is 1. The first-order valence-electron chi connectivity index (χ1n) is 4.94. The summed E-state index contributed by atoms with van der Waals surface area (Å²) < 4.78 is 0. The highest BCUT2D eigenvalue weighted by molar-refractivity contribution is 5.97. The van der Waals surface area contributed by atoms with Crippen LogP contribution in [-0.4, -0.2) is 23.1 Å². The average molecular weight is 216 g/mol. The molecule has 0 unspecified atom stereocenters. The number of fused-ring (bicyclic) bond motifs is 1. The van der Waals surface area contributed by atoms with Gasteiger partial charge in [-0.15, -0.1) is 0 Å². The molecule has 82 valence electrons. The van der Waals surface area contributed by atoms with Gasteiger partial charge in [-0.25, -0.2) is 9.78 Å². The van der Waals surface area contributed by atoms with E-state index < -0.39 is 5.97 Å². The summed E-state index contributed by atoms with van der Waals surface area (Å²) in [6.45, 7) is 1.95. The van der Waals surface area contributed by atoms with E-state index in [0.29, 0.717) is 5.52 Å². The molecule has 2 rings (SSSR count). The zero-order valence-corrected chi connectivity index (χ0v) is 9.11. The normalized spacial score (nSPS) is 10.4. The number of pyridine rings is 1. The van der Waals surface area contributed by atoms with Crippen molar-refractivity contribution in [3.05, 3.63) is 35.5 Å². The number of anilines is 1. The van der Waals surface area contributed by atoms with Crippen LogP contribution < -0.4 is 5.32 Å². The lowest BCUT2D eigenvalue weighted by Gasteiger charge is -2.07. The van der Waals surface area contributed by atoms with Crippen molar-refractivity contribution in [2.75, 3.05) is 12.4 Å². The topological polar surface area (TPSA) is 62.2 Å². The van der Waals surface area contributed by atoms with Crippen LogP contribution in [0.4, 0.5) is 5.69 Å². The third-order valence-electron chi connectivity index (χ3n) is 2.45. The molecule has 0 atom stereocenters. The summed E-state index contributed by atoms with van der Waals surface area (Å²) in [4.78, 5) is 15.0. The Morgan fingerprint density at radius 1 is 1.38 bits per heavy atom. The maximum absolute atomic E-state index is 10.9. The number of nitrogens with one attached hydrogen (secondary N) is 1. The van der Waals surface area contributed by atoms with E-state index in [0.717, 1.165) is 16.6 Å². The van der Waals surface area contributed by atoms with Gasteiger partial charge in [0, 0.05) is 18.1 Å². The molecule has 2 aromatic rings. The summed E-state index contributed by atoms with van der Waals surface area (Å²) in [6.07, 6.45) is 0. The first kappa shape index (κ1) is 10.4. The van der Waals surface area contributed by atoms with Crippen LogP contribution in [-0.2, 0) is 0 Å². The van der Waals surface area contributed by atoms with Crippen LogP contribution in [0, 0.1) is 6.92 Å². The molecular weight excluding hydrogens is 204 g/mol. The zero-order valence-electron chi connectivity index (χ0n) is 9.11. The van der Waals surface area contributed by atoms with E-state index in [2.05, 4.69) is 10.3 Å². The lowest BCUT2D eigenvalue weighted by Crippen LogP contribution is -2.02. The minimum atomic E-state index is -1.01. The van der Waals surface area contributed by atoms with E-state index in [-0.39, 0.29) is 5.69 Å². The average Bonchev–Trinajstić information content (AvgIpc) is 2.26. The Hall–Kier alpha value is -2.10. The van der Waals surface area contributed by atoms with Gasteiger partial charge in [0.1, 0.15) is 0 Å². The second kappa shape index (κ2) is 3.81. The molecule has 0 aliphatic heterocycles. The van der Waals surface area contributed by atoms with E-state index in [1.165, 1.54) is 0 Å². The first-order valence-corrected chi connectivity index (χ1v) is 4.94. The Labute approximate surface area is 92.9 Å². The van der Waals surface area contributed by atoms with E-state index in [4.69, 9.17) is 5.11 Å². The van der Waals surface area contributed by atoms with Gasteiger partial charge in [0.25, 0.3) is 0 Å². The number of hydrogen-bond donors (Lipinski definition) is 2. The molecule has 0 spiro atoms. The van der Waals surface area contributed by atoms with Crippen molar-refractivity contribution in [3.63, 3.8) is 0 Å². The Kier molecular flexibility index (Phi) is 2.48. The second-order valence-electron chi connectivity index (χ2n) is 3.63. The van der Waals surface area contributed by atoms with E-state index in [1.807, 2.05) is 25.1 Å². The number of hydrogen-bond acceptors (Lipinski definition) is 3. The monoisotopic (exact) mass is 216 g/mol. The number of aryl methyl sites for hydroxylation is 1. The molecule has 0 bridgehead atoms. The predicted molar refractivity (Wildman–Crippen MR) is 63.0 cm³/mol. The van der Waals surface area contributed by atoms with Gasteiger partial charge in [0.15, 0.2) is 5.69 Å². The minimum absolute atomic E-state index is 0.0578. The summed E-state index contributed by atoms with van der Waals surface area (Å²) in [7, 11) is 1.76. The quantitative estimate of drug-likeness (QED) is 0.808. The Bertz CT molecular complexity index is 564. The molecule has 0 fully saturated rings. The molecule has 0 saturated carbocycles. The van der Waals surface area contributed by atoms with Crippen molar-refractivity contribution in [3.8, 4) is 0 Å². The highest BCUT2D eigenvalue weighted by Gasteiger charge is 2.09. The number of carboxylic acids is 1. The van der Waals surface area contributed by atoms with E-state index >= 15 is 0 Å². The number of benzene rings is 1. The van der Waals surface area contributed by atoms with Gasteiger partial charge in [0.2, 0.25) is 0 Å². The van der Waals surface area contributed by atoms with Crippen molar-refractivity contribution >= 4 is 22.6 Å². The third-order valence-corrected chi connectivity index (χ3v) is 2.45. The fourth-order valence-corrected chi connectivity index (χ4v) is 1.65. The van der Waals surface area contributed by atoms with Crippen molar-refractivity contribution in [2.24, 2.45) is 0 Å². The molecule has 1 aromatic heterocycles. The van der Waals surface area contributed by atoms with Crippen molar-refractivity contribution in [1.29, 1.82) is 0 Å². The van der Waals surface area contributed by atoms with Crippen LogP contribution in [0.3, 0.4) is 0 Å². The smallest absolute Gasteiger partial charge is 0.354 e. The maximum Gasteiger partial charge on any atom is 0.354 e. The lowest BCUT2D eigenvalue weighted by molar-refractivity contribution is 0.0691. The van der Waals surface area contributed by atoms with Gasteiger partial charge in [-0.3, -0.25) is 0 Å². The largest absolute Gasteiger partial charge is 0.477 e. The highest BCUT2D eigenvalue weighted by atomic mass is 16.4. The van der Waals surface area contributed by atoms with Crippen LogP contribution in [0.15, 0.2) is 24.3 Å². The summed E-state index contributed by atoms with van der Waals surface area (Å²) in [5.41, 5.74) is 2.60. The number of aromatic carboxylic acids is 1. The Morgan fingerprint density at radius 2 is 2.12 bits per heavy atom. The molecule has 16 heavy (non-hydrogen) atoms.